The fraction of sp³-hybridized carbons (Fsp3) is 0.500. The predicted octanol–water partition coefficient (Wildman–Crippen LogP) is 0.706. The Kier molecular flexibility index (Phi) is 4.86. The molecule has 3 N–H and O–H groups in total. The summed E-state index contributed by atoms with van der Waals surface area (Å²) in [6.45, 7) is 0.789. The molecule has 0 saturated heterocycles. The molecular weight excluding hydrogens is 346 g/mol. The van der Waals surface area contributed by atoms with Crippen LogP contribution in [0.5, 0.6) is 0 Å². The van der Waals surface area contributed by atoms with Gasteiger partial charge in [-0.3, -0.25) is 14.5 Å². The van der Waals surface area contributed by atoms with Crippen LogP contribution in [-0.4, -0.2) is 52.2 Å². The Morgan fingerprint density at radius 1 is 1.54 bits per heavy atom. The molecule has 1 aromatic rings. The lowest BCUT2D eigenvalue weighted by molar-refractivity contribution is 0.0526. The molecule has 0 spiro atoms. The van der Waals surface area contributed by atoms with Crippen molar-refractivity contribution in [2.45, 2.75) is 18.9 Å². The van der Waals surface area contributed by atoms with Gasteiger partial charge in [0.05, 0.1) is 12.3 Å². The maximum absolute atomic E-state index is 14.4. The maximum Gasteiger partial charge on any atom is 0.277 e. The topological polar surface area (TPSA) is 107 Å². The van der Waals surface area contributed by atoms with E-state index in [0.29, 0.717) is 11.4 Å². The number of nitrogens with one attached hydrogen (secondary N) is 1. The Morgan fingerprint density at radius 2 is 2.31 bits per heavy atom. The molecule has 1 aromatic heterocycles. The zero-order valence-electron chi connectivity index (χ0n) is 14.5. The number of carbonyl (C=O) groups is 1. The van der Waals surface area contributed by atoms with E-state index in [1.54, 1.807) is 14.0 Å². The number of hydrogen-bond acceptors (Lipinski definition) is 6. The minimum absolute atomic E-state index is 0.0530. The summed E-state index contributed by atoms with van der Waals surface area (Å²) in [5, 5.41) is 10.3. The number of alkyl halides is 1. The van der Waals surface area contributed by atoms with Gasteiger partial charge in [-0.05, 0) is 25.5 Å². The van der Waals surface area contributed by atoms with Crippen LogP contribution in [0.2, 0.25) is 0 Å². The molecule has 0 saturated carbocycles. The lowest BCUT2D eigenvalue weighted by Crippen LogP contribution is -2.50. The number of aryl methyl sites for hydroxylation is 1. The van der Waals surface area contributed by atoms with Crippen LogP contribution >= 0.6 is 0 Å². The molecule has 1 unspecified atom stereocenters. The second-order valence-corrected chi connectivity index (χ2v) is 6.43. The van der Waals surface area contributed by atoms with Crippen LogP contribution < -0.4 is 11.1 Å². The number of carbonyl (C=O) groups excluding carboxylic acids is 1. The number of ether oxygens (including phenoxy) is 1. The minimum atomic E-state index is -1.43. The van der Waals surface area contributed by atoms with Crippen LogP contribution in [0.4, 0.5) is 8.78 Å². The Balaban J connectivity index is 1.80. The molecule has 1 aliphatic heterocycles. The number of aromatic nitrogens is 3. The van der Waals surface area contributed by atoms with Crippen molar-refractivity contribution in [3.63, 3.8) is 0 Å². The number of amides is 1. The van der Waals surface area contributed by atoms with Crippen molar-refractivity contribution in [2.75, 3.05) is 19.9 Å². The Hall–Kier alpha value is -2.62. The molecule has 0 fully saturated rings. The number of aliphatic imine (C=N–C) groups is 1. The summed E-state index contributed by atoms with van der Waals surface area (Å²) in [5.74, 6) is -1.79. The quantitative estimate of drug-likeness (QED) is 0.816. The molecule has 10 heteroatoms. The summed E-state index contributed by atoms with van der Waals surface area (Å²) in [4.78, 5) is 16.5. The molecule has 1 aliphatic carbocycles. The third-order valence-electron chi connectivity index (χ3n) is 4.65. The molecule has 0 radical (unpaired) electrons. The minimum Gasteiger partial charge on any atom is -0.386 e. The number of allylic oxidation sites excluding steroid dienone is 3. The number of nitrogens with zero attached hydrogens (tertiary/aromatic N) is 4. The third kappa shape index (κ3) is 3.24. The number of nitrogens with two attached hydrogens (primary N) is 1. The van der Waals surface area contributed by atoms with E-state index in [9.17, 15) is 13.6 Å². The molecule has 0 aromatic carbocycles. The van der Waals surface area contributed by atoms with Gasteiger partial charge < -0.3 is 15.8 Å². The molecule has 0 bridgehead atoms. The van der Waals surface area contributed by atoms with Crippen LogP contribution in [0.1, 0.15) is 22.6 Å². The summed E-state index contributed by atoms with van der Waals surface area (Å²) in [5.41, 5.74) is 5.42. The van der Waals surface area contributed by atoms with Gasteiger partial charge in [-0.2, -0.15) is 0 Å². The molecule has 2 aliphatic rings. The van der Waals surface area contributed by atoms with E-state index in [1.165, 1.54) is 16.8 Å². The molecule has 140 valence electrons. The Bertz CT molecular complexity index is 816. The van der Waals surface area contributed by atoms with Crippen molar-refractivity contribution in [1.29, 1.82) is 0 Å². The molecule has 2 atom stereocenters. The van der Waals surface area contributed by atoms with Crippen LogP contribution in [0.25, 0.3) is 0 Å². The average Bonchev–Trinajstić information content (AvgIpc) is 2.95. The summed E-state index contributed by atoms with van der Waals surface area (Å²) < 4.78 is 35.0. The highest BCUT2D eigenvalue weighted by molar-refractivity contribution is 5.94. The fourth-order valence-electron chi connectivity index (χ4n) is 3.06. The second kappa shape index (κ2) is 6.94. The van der Waals surface area contributed by atoms with E-state index >= 15 is 0 Å². The molecule has 1 amide bonds. The fourth-order valence-corrected chi connectivity index (χ4v) is 3.06. The van der Waals surface area contributed by atoms with Gasteiger partial charge in [-0.1, -0.05) is 5.21 Å². The number of halogens is 2. The SMILES string of the molecule is Cc1c(C(=O)NC2=CC=C(F)C([C@]3(CF)COCC(N)=N3)C2)nnn1C. The Labute approximate surface area is 148 Å². The van der Waals surface area contributed by atoms with E-state index in [1.807, 2.05) is 0 Å². The van der Waals surface area contributed by atoms with Gasteiger partial charge >= 0.3 is 0 Å². The number of rotatable bonds is 4. The van der Waals surface area contributed by atoms with Crippen LogP contribution in [0, 0.1) is 12.8 Å². The number of amidine groups is 1. The summed E-state index contributed by atoms with van der Waals surface area (Å²) in [6.07, 6.45) is 2.70. The third-order valence-corrected chi connectivity index (χ3v) is 4.65. The van der Waals surface area contributed by atoms with E-state index in [0.717, 1.165) is 0 Å². The second-order valence-electron chi connectivity index (χ2n) is 6.43. The normalized spacial score (nSPS) is 26.0. The first kappa shape index (κ1) is 18.2. The van der Waals surface area contributed by atoms with Crippen LogP contribution in [0.15, 0.2) is 28.7 Å². The van der Waals surface area contributed by atoms with E-state index in [4.69, 9.17) is 10.5 Å². The molecule has 3 rings (SSSR count). The van der Waals surface area contributed by atoms with Crippen molar-refractivity contribution < 1.29 is 18.3 Å². The number of hydrogen-bond donors (Lipinski definition) is 2. The average molecular weight is 366 g/mol. The van der Waals surface area contributed by atoms with E-state index < -0.39 is 29.9 Å². The van der Waals surface area contributed by atoms with Crippen molar-refractivity contribution in [3.8, 4) is 0 Å². The van der Waals surface area contributed by atoms with Crippen molar-refractivity contribution in [2.24, 2.45) is 23.7 Å². The van der Waals surface area contributed by atoms with E-state index in [2.05, 4.69) is 20.6 Å². The van der Waals surface area contributed by atoms with Gasteiger partial charge in [-0.25, -0.2) is 8.78 Å². The maximum atomic E-state index is 14.4. The Morgan fingerprint density at radius 3 is 2.92 bits per heavy atom. The van der Waals surface area contributed by atoms with Gasteiger partial charge in [0.25, 0.3) is 5.91 Å². The van der Waals surface area contributed by atoms with Crippen LogP contribution in [-0.2, 0) is 11.8 Å². The summed E-state index contributed by atoms with van der Waals surface area (Å²) >= 11 is 0. The molecule has 8 nitrogen and oxygen atoms in total. The summed E-state index contributed by atoms with van der Waals surface area (Å²) in [7, 11) is 1.67. The van der Waals surface area contributed by atoms with Gasteiger partial charge in [0.1, 0.15) is 30.5 Å². The largest absolute Gasteiger partial charge is 0.386 e. The highest BCUT2D eigenvalue weighted by Gasteiger charge is 2.45. The molecule has 2 heterocycles. The van der Waals surface area contributed by atoms with Gasteiger partial charge in [0.15, 0.2) is 5.69 Å². The lowest BCUT2D eigenvalue weighted by Gasteiger charge is -2.38. The van der Waals surface area contributed by atoms with Crippen molar-refractivity contribution in [3.05, 3.63) is 35.1 Å². The summed E-state index contributed by atoms with van der Waals surface area (Å²) in [6, 6.07) is 0. The highest BCUT2D eigenvalue weighted by atomic mass is 19.1. The van der Waals surface area contributed by atoms with Gasteiger partial charge in [0.2, 0.25) is 0 Å². The smallest absolute Gasteiger partial charge is 0.277 e. The van der Waals surface area contributed by atoms with Crippen LogP contribution in [0.3, 0.4) is 0 Å². The van der Waals surface area contributed by atoms with Gasteiger partial charge in [-0.15, -0.1) is 5.10 Å². The zero-order chi connectivity index (χ0) is 18.9. The first-order valence-corrected chi connectivity index (χ1v) is 8.08. The van der Waals surface area contributed by atoms with Crippen molar-refractivity contribution in [1.82, 2.24) is 20.3 Å². The van der Waals surface area contributed by atoms with E-state index in [-0.39, 0.29) is 31.2 Å². The molecular formula is C16H20F2N6O2. The molecule has 26 heavy (non-hydrogen) atoms. The lowest BCUT2D eigenvalue weighted by atomic mass is 9.79. The van der Waals surface area contributed by atoms with Crippen molar-refractivity contribution >= 4 is 11.7 Å². The zero-order valence-corrected chi connectivity index (χ0v) is 14.5. The first-order chi connectivity index (χ1) is 12.4. The van der Waals surface area contributed by atoms with Gasteiger partial charge in [0, 0.05) is 18.7 Å². The predicted molar refractivity (Wildman–Crippen MR) is 89.7 cm³/mol. The standard InChI is InChI=1S/C16H20F2N6O2/c1-9-14(22-23-24(9)2)15(25)20-10-3-4-12(18)11(5-10)16(7-17)8-26-6-13(19)21-16/h3-4,11H,5-8H2,1-2H3,(H2,19,21)(H,20,25)/t11?,16-/m0/s1. The highest BCUT2D eigenvalue weighted by Crippen LogP contribution is 2.38. The monoisotopic (exact) mass is 366 g/mol. The first-order valence-electron chi connectivity index (χ1n) is 8.08.